The molecular weight excluding hydrogens is 489 g/mol. The molecule has 0 fully saturated rings. The van der Waals surface area contributed by atoms with E-state index in [9.17, 15) is 10.2 Å². The van der Waals surface area contributed by atoms with Crippen molar-refractivity contribution in [1.82, 2.24) is 4.98 Å². The van der Waals surface area contributed by atoms with Crippen molar-refractivity contribution in [3.8, 4) is 11.5 Å². The van der Waals surface area contributed by atoms with E-state index in [1.54, 1.807) is 12.1 Å². The maximum Gasteiger partial charge on any atom is 0.123 e. The minimum Gasteiger partial charge on any atom is -0.507 e. The summed E-state index contributed by atoms with van der Waals surface area (Å²) in [5, 5.41) is 22.7. The van der Waals surface area contributed by atoms with Gasteiger partial charge in [-0.25, -0.2) is 0 Å². The number of rotatable bonds is 1. The van der Waals surface area contributed by atoms with Gasteiger partial charge in [0.15, 0.2) is 0 Å². The smallest absolute Gasteiger partial charge is 0.123 e. The normalized spacial score (nSPS) is 9.21. The van der Waals surface area contributed by atoms with Gasteiger partial charge in [-0.15, -0.1) is 24.8 Å². The number of phenols is 2. The summed E-state index contributed by atoms with van der Waals surface area (Å²) in [6, 6.07) is 28.7. The van der Waals surface area contributed by atoms with Crippen LogP contribution in [0.4, 0.5) is 0 Å². The Bertz CT molecular complexity index is 1220. The van der Waals surface area contributed by atoms with Gasteiger partial charge in [0.05, 0.1) is 0 Å². The molecule has 0 saturated carbocycles. The number of aryl methyl sites for hydroxylation is 1. The van der Waals surface area contributed by atoms with E-state index in [2.05, 4.69) is 11.1 Å². The van der Waals surface area contributed by atoms with Crippen molar-refractivity contribution in [2.75, 3.05) is 0 Å². The summed E-state index contributed by atoms with van der Waals surface area (Å²) >= 11 is 2.01. The molecule has 0 spiro atoms. The second-order valence-electron chi connectivity index (χ2n) is 6.94. The van der Waals surface area contributed by atoms with E-state index in [1.165, 1.54) is 11.1 Å². The second kappa shape index (κ2) is 14.5. The van der Waals surface area contributed by atoms with Crippen molar-refractivity contribution in [1.29, 1.82) is 0 Å². The Morgan fingerprint density at radius 1 is 0.667 bits per heavy atom. The molecule has 2 N–H and O–H groups in total. The average molecular weight is 514 g/mol. The van der Waals surface area contributed by atoms with Crippen LogP contribution in [-0.2, 0) is 20.0 Å². The van der Waals surface area contributed by atoms with Gasteiger partial charge in [0.25, 0.3) is 0 Å². The van der Waals surface area contributed by atoms with Crippen LogP contribution in [0.5, 0.6) is 11.5 Å². The third-order valence-electron chi connectivity index (χ3n) is 4.60. The molecular formula is C27H25Cl2NO2Ti. The molecule has 33 heavy (non-hydrogen) atoms. The van der Waals surface area contributed by atoms with Gasteiger partial charge in [-0.2, -0.15) is 0 Å². The van der Waals surface area contributed by atoms with Gasteiger partial charge in [-0.3, -0.25) is 0 Å². The molecule has 6 heteroatoms. The largest absolute Gasteiger partial charge is 0.507 e. The molecule has 5 rings (SSSR count). The molecule has 1 aromatic heterocycles. The predicted octanol–water partition coefficient (Wildman–Crippen LogP) is 7.02. The van der Waals surface area contributed by atoms with Gasteiger partial charge in [-0.05, 0) is 22.9 Å². The zero-order valence-corrected chi connectivity index (χ0v) is 21.2. The van der Waals surface area contributed by atoms with E-state index in [-0.39, 0.29) is 24.8 Å². The van der Waals surface area contributed by atoms with Crippen LogP contribution in [0.25, 0.3) is 21.5 Å². The topological polar surface area (TPSA) is 53.4 Å². The molecule has 3 nitrogen and oxygen atoms in total. The number of pyridine rings is 1. The summed E-state index contributed by atoms with van der Waals surface area (Å²) in [5.74, 6) is 0.700. The number of hydrogen-bond acceptors (Lipinski definition) is 3. The third kappa shape index (κ3) is 8.31. The fourth-order valence-corrected chi connectivity index (χ4v) is 3.32. The molecule has 0 radical (unpaired) electrons. The van der Waals surface area contributed by atoms with Crippen LogP contribution in [0, 0.1) is 6.92 Å². The van der Waals surface area contributed by atoms with Crippen LogP contribution < -0.4 is 0 Å². The first kappa shape index (κ1) is 28.3. The van der Waals surface area contributed by atoms with E-state index in [1.807, 2.05) is 116 Å². The summed E-state index contributed by atoms with van der Waals surface area (Å²) in [6.07, 6.45) is 3.71. The standard InChI is InChI=1S/2C10H8O.C7H7N.2ClH.Ti/c2*11-10-7-3-5-8-4-1-2-6-9(8)10;1-6-3-7(2)5-8-4-6;;;/h2*1-7,11H;1,3-5H,2H3;2*1H;. The van der Waals surface area contributed by atoms with Gasteiger partial charge >= 0.3 is 65.8 Å². The Morgan fingerprint density at radius 2 is 1.12 bits per heavy atom. The minimum absolute atomic E-state index is 0. The Balaban J connectivity index is 0.000000242. The van der Waals surface area contributed by atoms with Gasteiger partial charge in [0.2, 0.25) is 0 Å². The first-order chi connectivity index (χ1) is 15.1. The Morgan fingerprint density at radius 3 is 1.52 bits per heavy atom. The SMILES string of the molecule is Cc1cncc([CH]=[Ti])c1.Cl.Cl.Oc1cccc2ccccc12.Oc1cccc2ccccc12. The van der Waals surface area contributed by atoms with Crippen molar-refractivity contribution < 1.29 is 30.2 Å². The van der Waals surface area contributed by atoms with Gasteiger partial charge < -0.3 is 10.2 Å². The maximum absolute atomic E-state index is 9.37. The molecule has 1 heterocycles. The van der Waals surface area contributed by atoms with E-state index < -0.39 is 0 Å². The minimum atomic E-state index is 0. The molecule has 0 bridgehead atoms. The summed E-state index contributed by atoms with van der Waals surface area (Å²) in [5.41, 5.74) is 2.40. The molecule has 0 aliphatic heterocycles. The molecule has 0 amide bonds. The van der Waals surface area contributed by atoms with Crippen LogP contribution >= 0.6 is 24.8 Å². The van der Waals surface area contributed by atoms with Crippen molar-refractivity contribution >= 4 is 50.7 Å². The zero-order chi connectivity index (χ0) is 22.1. The Labute approximate surface area is 217 Å². The number of nitrogens with zero attached hydrogens (tertiary/aromatic N) is 1. The first-order valence-electron chi connectivity index (χ1n) is 9.84. The molecule has 0 aliphatic rings. The molecule has 0 aliphatic carbocycles. The van der Waals surface area contributed by atoms with Crippen molar-refractivity contribution in [3.63, 3.8) is 0 Å². The van der Waals surface area contributed by atoms with Crippen molar-refractivity contribution in [3.05, 3.63) is 115 Å². The first-order valence-corrected chi connectivity index (χ1v) is 10.7. The fourth-order valence-electron chi connectivity index (χ4n) is 3.07. The molecule has 0 saturated heterocycles. The number of phenolic OH excluding ortho intramolecular Hbond substituents is 2. The molecule has 4 aromatic carbocycles. The van der Waals surface area contributed by atoms with Crippen LogP contribution in [0.3, 0.4) is 0 Å². The summed E-state index contributed by atoms with van der Waals surface area (Å²) < 4.78 is 2.04. The third-order valence-corrected chi connectivity index (χ3v) is 5.12. The van der Waals surface area contributed by atoms with E-state index in [0.29, 0.717) is 11.5 Å². The maximum atomic E-state index is 9.37. The van der Waals surface area contributed by atoms with E-state index in [4.69, 9.17) is 0 Å². The number of aromatic nitrogens is 1. The quantitative estimate of drug-likeness (QED) is 0.237. The average Bonchev–Trinajstić information content (AvgIpc) is 2.81. The second-order valence-corrected chi connectivity index (χ2v) is 7.39. The van der Waals surface area contributed by atoms with Crippen LogP contribution in [0.1, 0.15) is 11.1 Å². The molecule has 5 aromatic rings. The van der Waals surface area contributed by atoms with Crippen molar-refractivity contribution in [2.45, 2.75) is 6.92 Å². The van der Waals surface area contributed by atoms with Crippen LogP contribution in [-0.4, -0.2) is 19.5 Å². The summed E-state index contributed by atoms with van der Waals surface area (Å²) in [4.78, 5) is 4.02. The number of hydrogen-bond donors (Lipinski definition) is 2. The fraction of sp³-hybridized carbons (Fsp3) is 0.0370. The van der Waals surface area contributed by atoms with Gasteiger partial charge in [0.1, 0.15) is 11.5 Å². The van der Waals surface area contributed by atoms with Gasteiger partial charge in [0, 0.05) is 10.8 Å². The zero-order valence-electron chi connectivity index (χ0n) is 18.1. The van der Waals surface area contributed by atoms with E-state index >= 15 is 0 Å². The number of halogens is 2. The Kier molecular flexibility index (Phi) is 12.4. The monoisotopic (exact) mass is 513 g/mol. The van der Waals surface area contributed by atoms with E-state index in [0.717, 1.165) is 21.5 Å². The molecule has 168 valence electrons. The number of fused-ring (bicyclic) bond motifs is 2. The number of benzene rings is 4. The number of aromatic hydroxyl groups is 2. The summed E-state index contributed by atoms with van der Waals surface area (Å²) in [7, 11) is 0. The Hall–Kier alpha value is -2.69. The van der Waals surface area contributed by atoms with Crippen LogP contribution in [0.15, 0.2) is 103 Å². The summed E-state index contributed by atoms with van der Waals surface area (Å²) in [6.45, 7) is 2.04. The molecule has 0 unspecified atom stereocenters. The van der Waals surface area contributed by atoms with Crippen LogP contribution in [0.2, 0.25) is 0 Å². The van der Waals surface area contributed by atoms with Gasteiger partial charge in [-0.1, -0.05) is 72.8 Å². The van der Waals surface area contributed by atoms with Crippen molar-refractivity contribution in [2.24, 2.45) is 0 Å². The predicted molar refractivity (Wildman–Crippen MR) is 140 cm³/mol. The molecule has 0 atom stereocenters.